The topological polar surface area (TPSA) is 94.2 Å². The summed E-state index contributed by atoms with van der Waals surface area (Å²) in [7, 11) is -2.23. The Kier molecular flexibility index (Phi) is 6.29. The van der Waals surface area contributed by atoms with Crippen LogP contribution >= 0.6 is 0 Å². The average molecular weight is 420 g/mol. The van der Waals surface area contributed by atoms with Crippen LogP contribution < -0.4 is 19.5 Å². The average Bonchev–Trinajstić information content (AvgIpc) is 2.74. The van der Waals surface area contributed by atoms with Crippen molar-refractivity contribution in [3.63, 3.8) is 0 Å². The molecule has 0 unspecified atom stereocenters. The molecule has 1 N–H and O–H groups in total. The first-order valence-corrected chi connectivity index (χ1v) is 10.7. The molecule has 0 saturated carbocycles. The number of hydrogen-bond acceptors (Lipinski definition) is 6. The Bertz CT molecular complexity index is 988. The Balaban J connectivity index is 1.84. The number of fused-ring (bicyclic) bond motifs is 1. The van der Waals surface area contributed by atoms with Gasteiger partial charge in [0.2, 0.25) is 16.1 Å². The highest BCUT2D eigenvalue weighted by Gasteiger charge is 2.29. The second kappa shape index (κ2) is 8.71. The van der Waals surface area contributed by atoms with Crippen LogP contribution in [0.1, 0.15) is 13.8 Å². The molecule has 1 atom stereocenters. The number of nitrogens with zero attached hydrogens (tertiary/aromatic N) is 1. The number of rotatable bonds is 7. The van der Waals surface area contributed by atoms with Crippen LogP contribution in [-0.2, 0) is 14.8 Å². The Morgan fingerprint density at radius 2 is 1.86 bits per heavy atom. The molecule has 0 fully saturated rings. The van der Waals surface area contributed by atoms with Crippen molar-refractivity contribution in [2.24, 2.45) is 0 Å². The first kappa shape index (κ1) is 20.9. The number of carbonyl (C=O) groups excluding carboxylic acids is 1. The normalized spacial score (nSPS) is 15.8. The molecule has 0 aromatic heterocycles. The third kappa shape index (κ3) is 4.30. The minimum atomic E-state index is -3.68. The number of amides is 1. The van der Waals surface area contributed by atoms with Gasteiger partial charge < -0.3 is 19.5 Å². The van der Waals surface area contributed by atoms with Gasteiger partial charge in [-0.3, -0.25) is 4.79 Å². The van der Waals surface area contributed by atoms with E-state index in [4.69, 9.17) is 14.2 Å². The van der Waals surface area contributed by atoms with Crippen molar-refractivity contribution in [3.05, 3.63) is 42.5 Å². The molecule has 1 aliphatic rings. The van der Waals surface area contributed by atoms with E-state index in [1.807, 2.05) is 6.07 Å². The van der Waals surface area contributed by atoms with Gasteiger partial charge in [-0.15, -0.1) is 0 Å². The van der Waals surface area contributed by atoms with Crippen LogP contribution in [0.15, 0.2) is 47.4 Å². The second-order valence-corrected chi connectivity index (χ2v) is 8.24. The van der Waals surface area contributed by atoms with Crippen molar-refractivity contribution in [1.82, 2.24) is 4.31 Å². The number of sulfonamides is 1. The summed E-state index contributed by atoms with van der Waals surface area (Å²) in [5, 5.41) is 2.70. The zero-order valence-corrected chi connectivity index (χ0v) is 17.4. The Morgan fingerprint density at radius 1 is 1.17 bits per heavy atom. The first-order chi connectivity index (χ1) is 13.9. The first-order valence-electron chi connectivity index (χ1n) is 9.28. The number of ether oxygens (including phenoxy) is 3. The number of hydrogen-bond donors (Lipinski definition) is 1. The SMILES string of the molecule is CCN(CC)S(=O)(=O)c1ccc(OC)c(NC(=O)[C@@H]2COc3ccccc3O2)c1. The van der Waals surface area contributed by atoms with Crippen molar-refractivity contribution >= 4 is 21.6 Å². The fourth-order valence-corrected chi connectivity index (χ4v) is 4.50. The van der Waals surface area contributed by atoms with Crippen molar-refractivity contribution in [2.45, 2.75) is 24.8 Å². The molecule has 0 aliphatic carbocycles. The fourth-order valence-electron chi connectivity index (χ4n) is 3.02. The lowest BCUT2D eigenvalue weighted by Crippen LogP contribution is -2.40. The lowest BCUT2D eigenvalue weighted by Gasteiger charge is -2.26. The van der Waals surface area contributed by atoms with Crippen molar-refractivity contribution in [3.8, 4) is 17.2 Å². The van der Waals surface area contributed by atoms with Crippen molar-refractivity contribution in [1.29, 1.82) is 0 Å². The molecule has 29 heavy (non-hydrogen) atoms. The van der Waals surface area contributed by atoms with E-state index in [0.717, 1.165) is 0 Å². The lowest BCUT2D eigenvalue weighted by atomic mass is 10.2. The molecule has 3 rings (SSSR count). The third-order valence-corrected chi connectivity index (χ3v) is 6.62. The largest absolute Gasteiger partial charge is 0.495 e. The number of para-hydroxylation sites is 2. The number of methoxy groups -OCH3 is 1. The predicted octanol–water partition coefficient (Wildman–Crippen LogP) is 2.50. The van der Waals surface area contributed by atoms with Gasteiger partial charge in [0.15, 0.2) is 11.5 Å². The highest BCUT2D eigenvalue weighted by Crippen LogP contribution is 2.32. The number of nitrogens with one attached hydrogen (secondary N) is 1. The van der Waals surface area contributed by atoms with Gasteiger partial charge in [0.05, 0.1) is 17.7 Å². The number of carbonyl (C=O) groups is 1. The Morgan fingerprint density at radius 3 is 2.52 bits per heavy atom. The molecule has 1 amide bonds. The maximum atomic E-state index is 12.8. The van der Waals surface area contributed by atoms with Gasteiger partial charge in [-0.1, -0.05) is 26.0 Å². The van der Waals surface area contributed by atoms with Crippen LogP contribution in [0.5, 0.6) is 17.2 Å². The highest BCUT2D eigenvalue weighted by atomic mass is 32.2. The minimum Gasteiger partial charge on any atom is -0.495 e. The summed E-state index contributed by atoms with van der Waals surface area (Å²) in [5.41, 5.74) is 0.244. The van der Waals surface area contributed by atoms with Crippen LogP contribution in [0.3, 0.4) is 0 Å². The van der Waals surface area contributed by atoms with E-state index in [0.29, 0.717) is 30.3 Å². The van der Waals surface area contributed by atoms with E-state index in [2.05, 4.69) is 5.32 Å². The van der Waals surface area contributed by atoms with E-state index in [1.54, 1.807) is 32.0 Å². The molecule has 1 heterocycles. The van der Waals surface area contributed by atoms with Gasteiger partial charge in [0, 0.05) is 13.1 Å². The van der Waals surface area contributed by atoms with E-state index in [9.17, 15) is 13.2 Å². The molecule has 0 radical (unpaired) electrons. The highest BCUT2D eigenvalue weighted by molar-refractivity contribution is 7.89. The fraction of sp³-hybridized carbons (Fsp3) is 0.350. The quantitative estimate of drug-likeness (QED) is 0.740. The summed E-state index contributed by atoms with van der Waals surface area (Å²) in [5.74, 6) is 0.925. The van der Waals surface area contributed by atoms with Gasteiger partial charge in [0.25, 0.3) is 5.91 Å². The van der Waals surface area contributed by atoms with Gasteiger partial charge in [-0.2, -0.15) is 4.31 Å². The molecule has 8 nitrogen and oxygen atoms in total. The summed E-state index contributed by atoms with van der Waals surface area (Å²) in [4.78, 5) is 12.8. The summed E-state index contributed by atoms with van der Waals surface area (Å²) >= 11 is 0. The van der Waals surface area contributed by atoms with Crippen LogP contribution in [-0.4, -0.2) is 51.5 Å². The second-order valence-electron chi connectivity index (χ2n) is 6.30. The lowest BCUT2D eigenvalue weighted by molar-refractivity contribution is -0.125. The summed E-state index contributed by atoms with van der Waals surface area (Å²) < 4.78 is 43.5. The number of anilines is 1. The summed E-state index contributed by atoms with van der Waals surface area (Å²) in [6, 6.07) is 11.4. The monoisotopic (exact) mass is 420 g/mol. The third-order valence-electron chi connectivity index (χ3n) is 4.57. The Hall–Kier alpha value is -2.78. The maximum absolute atomic E-state index is 12.8. The predicted molar refractivity (Wildman–Crippen MR) is 108 cm³/mol. The standard InChI is InChI=1S/C20H24N2O6S/c1-4-22(5-2)29(24,25)14-10-11-16(26-3)15(12-14)21-20(23)19-13-27-17-8-6-7-9-18(17)28-19/h6-12,19H,4-5,13H2,1-3H3,(H,21,23)/t19-/m0/s1. The minimum absolute atomic E-state index is 0.0442. The van der Waals surface area contributed by atoms with Gasteiger partial charge in [0.1, 0.15) is 12.4 Å². The molecule has 9 heteroatoms. The van der Waals surface area contributed by atoms with E-state index in [-0.39, 0.29) is 17.2 Å². The summed E-state index contributed by atoms with van der Waals surface area (Å²) in [6.45, 7) is 4.28. The van der Waals surface area contributed by atoms with E-state index in [1.165, 1.54) is 29.6 Å². The van der Waals surface area contributed by atoms with Crippen molar-refractivity contribution < 1.29 is 27.4 Å². The Labute approximate surface area is 170 Å². The molecule has 1 aliphatic heterocycles. The van der Waals surface area contributed by atoms with E-state index >= 15 is 0 Å². The van der Waals surface area contributed by atoms with Gasteiger partial charge >= 0.3 is 0 Å². The molecular weight excluding hydrogens is 396 g/mol. The van der Waals surface area contributed by atoms with Crippen LogP contribution in [0.25, 0.3) is 0 Å². The van der Waals surface area contributed by atoms with Gasteiger partial charge in [-0.25, -0.2) is 8.42 Å². The molecule has 0 spiro atoms. The molecule has 156 valence electrons. The maximum Gasteiger partial charge on any atom is 0.269 e. The zero-order chi connectivity index (χ0) is 21.0. The van der Waals surface area contributed by atoms with Crippen molar-refractivity contribution in [2.75, 3.05) is 32.1 Å². The number of benzene rings is 2. The smallest absolute Gasteiger partial charge is 0.269 e. The van der Waals surface area contributed by atoms with E-state index < -0.39 is 22.0 Å². The summed E-state index contributed by atoms with van der Waals surface area (Å²) in [6.07, 6.45) is -0.877. The van der Waals surface area contributed by atoms with Gasteiger partial charge in [-0.05, 0) is 30.3 Å². The van der Waals surface area contributed by atoms with Crippen LogP contribution in [0.2, 0.25) is 0 Å². The molecular formula is C20H24N2O6S. The molecule has 0 bridgehead atoms. The molecule has 0 saturated heterocycles. The molecule has 2 aromatic carbocycles. The zero-order valence-electron chi connectivity index (χ0n) is 16.5. The van der Waals surface area contributed by atoms with Crippen LogP contribution in [0.4, 0.5) is 5.69 Å². The van der Waals surface area contributed by atoms with Crippen LogP contribution in [0, 0.1) is 0 Å². The molecule has 2 aromatic rings.